The molecule has 6 heteroatoms. The number of amides is 1. The molecule has 0 saturated carbocycles. The first-order chi connectivity index (χ1) is 13.5. The zero-order chi connectivity index (χ0) is 19.7. The minimum Gasteiger partial charge on any atom is -0.352 e. The van der Waals surface area contributed by atoms with Gasteiger partial charge in [0.2, 0.25) is 5.91 Å². The Morgan fingerprint density at radius 1 is 1.11 bits per heavy atom. The molecular formula is C22H22N4O2. The summed E-state index contributed by atoms with van der Waals surface area (Å²) < 4.78 is 1.48. The fourth-order valence-electron chi connectivity index (χ4n) is 3.28. The average Bonchev–Trinajstić information content (AvgIpc) is 3.06. The zero-order valence-electron chi connectivity index (χ0n) is 16.0. The molecule has 0 aliphatic rings. The van der Waals surface area contributed by atoms with Gasteiger partial charge in [-0.2, -0.15) is 0 Å². The number of hydrogen-bond acceptors (Lipinski definition) is 3. The largest absolute Gasteiger partial charge is 0.352 e. The lowest BCUT2D eigenvalue weighted by Gasteiger charge is -2.07. The Hall–Kier alpha value is -3.41. The van der Waals surface area contributed by atoms with Crippen LogP contribution in [0.15, 0.2) is 53.6 Å². The van der Waals surface area contributed by atoms with Crippen LogP contribution in [0.4, 0.5) is 0 Å². The number of aromatic amines is 1. The van der Waals surface area contributed by atoms with E-state index in [0.717, 1.165) is 22.0 Å². The summed E-state index contributed by atoms with van der Waals surface area (Å²) in [5.74, 6) is -0.0974. The molecule has 0 unspecified atom stereocenters. The van der Waals surface area contributed by atoms with Crippen molar-refractivity contribution in [3.05, 3.63) is 75.8 Å². The summed E-state index contributed by atoms with van der Waals surface area (Å²) in [5, 5.41) is 3.83. The van der Waals surface area contributed by atoms with E-state index in [1.165, 1.54) is 16.5 Å². The first-order valence-corrected chi connectivity index (χ1v) is 9.31. The first kappa shape index (κ1) is 18.0. The van der Waals surface area contributed by atoms with Gasteiger partial charge in [-0.1, -0.05) is 41.5 Å². The number of aromatic nitrogens is 3. The molecule has 0 spiro atoms. The molecule has 2 aromatic heterocycles. The van der Waals surface area contributed by atoms with Gasteiger partial charge in [0.05, 0.1) is 6.33 Å². The summed E-state index contributed by atoms with van der Waals surface area (Å²) in [6.45, 7) is 4.80. The number of aryl methyl sites for hydroxylation is 3. The molecule has 142 valence electrons. The average molecular weight is 374 g/mol. The van der Waals surface area contributed by atoms with Crippen LogP contribution in [0.1, 0.15) is 23.1 Å². The third kappa shape index (κ3) is 3.53. The van der Waals surface area contributed by atoms with Gasteiger partial charge in [0, 0.05) is 30.4 Å². The highest BCUT2D eigenvalue weighted by Crippen LogP contribution is 2.22. The summed E-state index contributed by atoms with van der Waals surface area (Å²) in [7, 11) is 0. The smallest absolute Gasteiger partial charge is 0.277 e. The topological polar surface area (TPSA) is 79.8 Å². The number of nitrogens with zero attached hydrogens (tertiary/aromatic N) is 2. The predicted molar refractivity (Wildman–Crippen MR) is 110 cm³/mol. The molecule has 0 fully saturated rings. The van der Waals surface area contributed by atoms with Crippen LogP contribution in [0.3, 0.4) is 0 Å². The van der Waals surface area contributed by atoms with Crippen LogP contribution < -0.4 is 10.9 Å². The molecule has 2 N–H and O–H groups in total. The number of carbonyl (C=O) groups is 1. The molecule has 0 aliphatic heterocycles. The Morgan fingerprint density at radius 2 is 1.86 bits per heavy atom. The van der Waals surface area contributed by atoms with Crippen molar-refractivity contribution >= 4 is 27.8 Å². The fourth-order valence-corrected chi connectivity index (χ4v) is 3.28. The maximum atomic E-state index is 12.8. The molecular weight excluding hydrogens is 352 g/mol. The summed E-state index contributed by atoms with van der Waals surface area (Å²) in [6.07, 6.45) is 1.74. The van der Waals surface area contributed by atoms with E-state index in [-0.39, 0.29) is 24.4 Å². The van der Waals surface area contributed by atoms with Crippen molar-refractivity contribution in [3.8, 4) is 0 Å². The number of H-pyrrole nitrogens is 1. The van der Waals surface area contributed by atoms with Crippen molar-refractivity contribution in [1.29, 1.82) is 0 Å². The highest BCUT2D eigenvalue weighted by Gasteiger charge is 2.12. The van der Waals surface area contributed by atoms with Crippen LogP contribution in [0.25, 0.3) is 21.9 Å². The molecule has 4 aromatic rings. The van der Waals surface area contributed by atoms with Crippen LogP contribution in [0.2, 0.25) is 0 Å². The molecule has 28 heavy (non-hydrogen) atoms. The lowest BCUT2D eigenvalue weighted by Crippen LogP contribution is -2.27. The van der Waals surface area contributed by atoms with E-state index in [2.05, 4.69) is 15.3 Å². The molecule has 0 saturated heterocycles. The van der Waals surface area contributed by atoms with Crippen molar-refractivity contribution in [3.63, 3.8) is 0 Å². The number of benzene rings is 2. The predicted octanol–water partition coefficient (Wildman–Crippen LogP) is 3.20. The van der Waals surface area contributed by atoms with Gasteiger partial charge < -0.3 is 10.3 Å². The van der Waals surface area contributed by atoms with Gasteiger partial charge in [0.1, 0.15) is 11.0 Å². The molecule has 0 aliphatic carbocycles. The minimum atomic E-state index is -0.162. The fraction of sp³-hybridized carbons (Fsp3) is 0.227. The number of hydrogen-bond donors (Lipinski definition) is 2. The zero-order valence-corrected chi connectivity index (χ0v) is 16.0. The van der Waals surface area contributed by atoms with Crippen LogP contribution in [-0.4, -0.2) is 20.4 Å². The maximum absolute atomic E-state index is 12.8. The first-order valence-electron chi connectivity index (χ1n) is 9.31. The second kappa shape index (κ2) is 7.31. The Labute approximate surface area is 162 Å². The van der Waals surface area contributed by atoms with Gasteiger partial charge in [-0.25, -0.2) is 4.98 Å². The quantitative estimate of drug-likeness (QED) is 0.563. The standard InChI is InChI=1S/C22H22N4O2/c1-14-3-6-16(7-4-14)12-23-19(27)9-10-26-13-24-20-17-11-15(2)5-8-18(17)25-21(20)22(26)28/h3-8,11,13,25H,9-10,12H2,1-2H3,(H,23,27). The maximum Gasteiger partial charge on any atom is 0.277 e. The Morgan fingerprint density at radius 3 is 2.64 bits per heavy atom. The van der Waals surface area contributed by atoms with E-state index >= 15 is 0 Å². The molecule has 2 aromatic carbocycles. The van der Waals surface area contributed by atoms with Gasteiger partial charge in [0.25, 0.3) is 5.56 Å². The van der Waals surface area contributed by atoms with Gasteiger partial charge in [-0.05, 0) is 31.5 Å². The molecule has 1 amide bonds. The Kier molecular flexibility index (Phi) is 4.69. The van der Waals surface area contributed by atoms with Crippen molar-refractivity contribution in [2.75, 3.05) is 0 Å². The SMILES string of the molecule is Cc1ccc(CNC(=O)CCn2cnc3c([nH]c4ccc(C)cc43)c2=O)cc1. The lowest BCUT2D eigenvalue weighted by atomic mass is 10.1. The van der Waals surface area contributed by atoms with Crippen LogP contribution in [-0.2, 0) is 17.9 Å². The monoisotopic (exact) mass is 374 g/mol. The third-order valence-corrected chi connectivity index (χ3v) is 4.92. The van der Waals surface area contributed by atoms with Crippen molar-refractivity contribution in [2.45, 2.75) is 33.4 Å². The lowest BCUT2D eigenvalue weighted by molar-refractivity contribution is -0.121. The van der Waals surface area contributed by atoms with E-state index in [0.29, 0.717) is 17.6 Å². The van der Waals surface area contributed by atoms with E-state index in [9.17, 15) is 9.59 Å². The van der Waals surface area contributed by atoms with Gasteiger partial charge in [-0.3, -0.25) is 14.2 Å². The molecule has 0 atom stereocenters. The summed E-state index contributed by atoms with van der Waals surface area (Å²) in [4.78, 5) is 32.5. The van der Waals surface area contributed by atoms with Gasteiger partial charge >= 0.3 is 0 Å². The summed E-state index contributed by atoms with van der Waals surface area (Å²) in [6, 6.07) is 14.0. The molecule has 2 heterocycles. The van der Waals surface area contributed by atoms with Crippen molar-refractivity contribution in [2.24, 2.45) is 0 Å². The highest BCUT2D eigenvalue weighted by molar-refractivity contribution is 6.04. The molecule has 4 rings (SSSR count). The molecule has 0 bridgehead atoms. The van der Waals surface area contributed by atoms with Crippen LogP contribution >= 0.6 is 0 Å². The van der Waals surface area contributed by atoms with Crippen molar-refractivity contribution in [1.82, 2.24) is 19.9 Å². The Bertz CT molecular complexity index is 1220. The van der Waals surface area contributed by atoms with E-state index < -0.39 is 0 Å². The number of fused-ring (bicyclic) bond motifs is 3. The van der Waals surface area contributed by atoms with E-state index in [4.69, 9.17) is 0 Å². The summed E-state index contributed by atoms with van der Waals surface area (Å²) >= 11 is 0. The third-order valence-electron chi connectivity index (χ3n) is 4.92. The van der Waals surface area contributed by atoms with Crippen LogP contribution in [0, 0.1) is 13.8 Å². The second-order valence-corrected chi connectivity index (χ2v) is 7.15. The summed E-state index contributed by atoms with van der Waals surface area (Å²) in [5.41, 5.74) is 5.22. The minimum absolute atomic E-state index is 0.0974. The van der Waals surface area contributed by atoms with Crippen molar-refractivity contribution < 1.29 is 4.79 Å². The molecule has 0 radical (unpaired) electrons. The normalized spacial score (nSPS) is 11.2. The van der Waals surface area contributed by atoms with E-state index in [1.54, 1.807) is 0 Å². The number of carbonyl (C=O) groups excluding carboxylic acids is 1. The van der Waals surface area contributed by atoms with E-state index in [1.807, 2.05) is 56.3 Å². The Balaban J connectivity index is 1.46. The van der Waals surface area contributed by atoms with Gasteiger partial charge in [-0.15, -0.1) is 0 Å². The van der Waals surface area contributed by atoms with Gasteiger partial charge in [0.15, 0.2) is 0 Å². The number of nitrogens with one attached hydrogen (secondary N) is 2. The second-order valence-electron chi connectivity index (χ2n) is 7.15. The van der Waals surface area contributed by atoms with Crippen LogP contribution in [0.5, 0.6) is 0 Å². The molecule has 6 nitrogen and oxygen atoms in total. The number of rotatable bonds is 5. The highest BCUT2D eigenvalue weighted by atomic mass is 16.1.